The second-order valence-corrected chi connectivity index (χ2v) is 5.64. The molecule has 1 atom stereocenters. The fraction of sp³-hybridized carbons (Fsp3) is 0.333. The van der Waals surface area contributed by atoms with Gasteiger partial charge in [0.25, 0.3) is 5.60 Å². The molecule has 0 aliphatic carbocycles. The maximum Gasteiger partial charge on any atom is 0.432 e. The second-order valence-electron chi connectivity index (χ2n) is 5.64. The molecular formula is C18H18F3NO4. The number of methoxy groups -OCH3 is 1. The summed E-state index contributed by atoms with van der Waals surface area (Å²) >= 11 is 0. The van der Waals surface area contributed by atoms with E-state index in [-0.39, 0.29) is 11.3 Å². The molecule has 26 heavy (non-hydrogen) atoms. The van der Waals surface area contributed by atoms with Crippen molar-refractivity contribution < 1.29 is 32.6 Å². The highest BCUT2D eigenvalue weighted by atomic mass is 19.4. The Morgan fingerprint density at radius 1 is 1.12 bits per heavy atom. The van der Waals surface area contributed by atoms with Crippen molar-refractivity contribution in [1.82, 2.24) is 0 Å². The summed E-state index contributed by atoms with van der Waals surface area (Å²) in [6.07, 6.45) is -5.30. The predicted octanol–water partition coefficient (Wildman–Crippen LogP) is 3.14. The van der Waals surface area contributed by atoms with Gasteiger partial charge in [-0.3, -0.25) is 4.79 Å². The van der Waals surface area contributed by atoms with E-state index in [1.165, 1.54) is 36.1 Å². The van der Waals surface area contributed by atoms with E-state index < -0.39 is 23.3 Å². The van der Waals surface area contributed by atoms with Gasteiger partial charge in [0.1, 0.15) is 0 Å². The number of anilines is 1. The Kier molecular flexibility index (Phi) is 5.27. The van der Waals surface area contributed by atoms with Gasteiger partial charge in [-0.2, -0.15) is 13.2 Å². The van der Waals surface area contributed by atoms with E-state index in [1.807, 2.05) is 0 Å². The van der Waals surface area contributed by atoms with Crippen LogP contribution < -0.4 is 4.90 Å². The first kappa shape index (κ1) is 19.7. The molecule has 2 rings (SSSR count). The lowest BCUT2D eigenvalue weighted by atomic mass is 9.88. The van der Waals surface area contributed by atoms with Crippen molar-refractivity contribution in [2.75, 3.05) is 18.6 Å². The van der Waals surface area contributed by atoms with Crippen LogP contribution in [0.4, 0.5) is 18.9 Å². The maximum atomic E-state index is 13.6. The number of nitrogens with zero attached hydrogens (tertiary/aromatic N) is 1. The van der Waals surface area contributed by atoms with Gasteiger partial charge in [0.05, 0.1) is 12.8 Å². The third-order valence-corrected chi connectivity index (χ3v) is 4.17. The molecule has 0 aliphatic rings. The number of benzene rings is 2. The van der Waals surface area contributed by atoms with Crippen LogP contribution in [0, 0.1) is 0 Å². The van der Waals surface area contributed by atoms with Crippen molar-refractivity contribution in [3.63, 3.8) is 0 Å². The molecule has 8 heteroatoms. The fourth-order valence-electron chi connectivity index (χ4n) is 2.92. The number of hydrogen-bond donors (Lipinski definition) is 1. The van der Waals surface area contributed by atoms with Gasteiger partial charge in [0.2, 0.25) is 5.91 Å². The molecule has 140 valence electrons. The highest BCUT2D eigenvalue weighted by Crippen LogP contribution is 2.44. The minimum absolute atomic E-state index is 0.00470. The number of alkyl halides is 3. The zero-order valence-corrected chi connectivity index (χ0v) is 14.4. The van der Waals surface area contributed by atoms with Crippen molar-refractivity contribution in [1.29, 1.82) is 0 Å². The molecule has 0 unspecified atom stereocenters. The number of aliphatic hydroxyl groups is 1. The number of hydrogen-bond acceptors (Lipinski definition) is 4. The zero-order chi connectivity index (χ0) is 19.7. The molecule has 0 bridgehead atoms. The van der Waals surface area contributed by atoms with Crippen LogP contribution >= 0.6 is 0 Å². The van der Waals surface area contributed by atoms with Crippen LogP contribution in [-0.4, -0.2) is 36.8 Å². The van der Waals surface area contributed by atoms with Gasteiger partial charge in [0, 0.05) is 24.4 Å². The van der Waals surface area contributed by atoms with E-state index in [2.05, 4.69) is 4.74 Å². The monoisotopic (exact) mass is 369 g/mol. The van der Waals surface area contributed by atoms with Crippen molar-refractivity contribution in [2.24, 2.45) is 0 Å². The van der Waals surface area contributed by atoms with Gasteiger partial charge in [-0.25, -0.2) is 4.79 Å². The molecule has 0 radical (unpaired) electrons. The van der Waals surface area contributed by atoms with Gasteiger partial charge in [0.15, 0.2) is 0 Å². The van der Waals surface area contributed by atoms with Gasteiger partial charge in [-0.15, -0.1) is 0 Å². The second kappa shape index (κ2) is 6.95. The van der Waals surface area contributed by atoms with Crippen LogP contribution in [0.15, 0.2) is 36.4 Å². The minimum atomic E-state index is -5.30. The first-order valence-electron chi connectivity index (χ1n) is 7.77. The molecular weight excluding hydrogens is 351 g/mol. The Morgan fingerprint density at radius 2 is 1.69 bits per heavy atom. The van der Waals surface area contributed by atoms with Gasteiger partial charge in [-0.1, -0.05) is 30.3 Å². The SMILES string of the molecule is CCN(C(C)=O)c1ccc([C@@](O)(C(=O)OC)C(F)(F)F)c2ccccc12. The van der Waals surface area contributed by atoms with Crippen LogP contribution in [0.1, 0.15) is 19.4 Å². The number of carbonyl (C=O) groups is 2. The largest absolute Gasteiger partial charge is 0.466 e. The Balaban J connectivity index is 2.86. The quantitative estimate of drug-likeness (QED) is 0.841. The van der Waals surface area contributed by atoms with Crippen LogP contribution in [0.3, 0.4) is 0 Å². The molecule has 2 aromatic carbocycles. The first-order chi connectivity index (χ1) is 12.1. The first-order valence-corrected chi connectivity index (χ1v) is 7.77. The topological polar surface area (TPSA) is 66.8 Å². The smallest absolute Gasteiger partial charge is 0.432 e. The zero-order valence-electron chi connectivity index (χ0n) is 14.4. The number of esters is 1. The lowest BCUT2D eigenvalue weighted by Gasteiger charge is -2.30. The fourth-order valence-corrected chi connectivity index (χ4v) is 2.92. The normalized spacial score (nSPS) is 14.0. The molecule has 0 heterocycles. The molecule has 0 fully saturated rings. The van der Waals surface area contributed by atoms with Crippen LogP contribution in [-0.2, 0) is 19.9 Å². The Bertz CT molecular complexity index is 850. The number of ether oxygens (including phenoxy) is 1. The summed E-state index contributed by atoms with van der Waals surface area (Å²) in [6.45, 7) is 3.37. The van der Waals surface area contributed by atoms with Gasteiger partial charge in [-0.05, 0) is 18.4 Å². The Morgan fingerprint density at radius 3 is 2.15 bits per heavy atom. The lowest BCUT2D eigenvalue weighted by Crippen LogP contribution is -2.50. The summed E-state index contributed by atoms with van der Waals surface area (Å²) < 4.78 is 45.0. The molecule has 0 aliphatic heterocycles. The van der Waals surface area contributed by atoms with E-state index in [0.29, 0.717) is 17.6 Å². The number of halogens is 3. The van der Waals surface area contributed by atoms with Crippen LogP contribution in [0.25, 0.3) is 10.8 Å². The summed E-state index contributed by atoms with van der Waals surface area (Å²) in [7, 11) is 0.768. The van der Waals surface area contributed by atoms with E-state index in [1.54, 1.807) is 13.0 Å². The molecule has 0 aromatic heterocycles. The van der Waals surface area contributed by atoms with Crippen molar-refractivity contribution >= 4 is 28.3 Å². The summed E-state index contributed by atoms with van der Waals surface area (Å²) in [4.78, 5) is 25.1. The molecule has 0 spiro atoms. The van der Waals surface area contributed by atoms with Crippen molar-refractivity contribution in [3.8, 4) is 0 Å². The van der Waals surface area contributed by atoms with Crippen LogP contribution in [0.2, 0.25) is 0 Å². The highest BCUT2D eigenvalue weighted by Gasteiger charge is 2.62. The third-order valence-electron chi connectivity index (χ3n) is 4.17. The molecule has 5 nitrogen and oxygen atoms in total. The minimum Gasteiger partial charge on any atom is -0.466 e. The standard InChI is InChI=1S/C18H18F3NO4/c1-4-22(11(2)23)15-10-9-14(12-7-5-6-8-13(12)15)17(25,16(24)26-3)18(19,20)21/h5-10,25H,4H2,1-3H3/t17-/m1/s1. The molecule has 0 saturated carbocycles. The average molecular weight is 369 g/mol. The van der Waals surface area contributed by atoms with Gasteiger partial charge >= 0.3 is 12.1 Å². The number of rotatable bonds is 4. The lowest BCUT2D eigenvalue weighted by molar-refractivity contribution is -0.266. The number of amides is 1. The van der Waals surface area contributed by atoms with E-state index >= 15 is 0 Å². The van der Waals surface area contributed by atoms with E-state index in [9.17, 15) is 27.9 Å². The molecule has 1 N–H and O–H groups in total. The van der Waals surface area contributed by atoms with E-state index in [0.717, 1.165) is 13.2 Å². The molecule has 0 saturated heterocycles. The van der Waals surface area contributed by atoms with Gasteiger partial charge < -0.3 is 14.7 Å². The third kappa shape index (κ3) is 3.01. The number of fused-ring (bicyclic) bond motifs is 1. The summed E-state index contributed by atoms with van der Waals surface area (Å²) in [5.74, 6) is -2.12. The average Bonchev–Trinajstić information content (AvgIpc) is 2.59. The van der Waals surface area contributed by atoms with Crippen molar-refractivity contribution in [2.45, 2.75) is 25.6 Å². The summed E-state index contributed by atoms with van der Waals surface area (Å²) in [5, 5.41) is 10.6. The summed E-state index contributed by atoms with van der Waals surface area (Å²) in [6, 6.07) is 8.22. The molecule has 2 aromatic rings. The summed E-state index contributed by atoms with van der Waals surface area (Å²) in [5.41, 5.74) is -4.10. The Hall–Kier alpha value is -2.61. The number of carbonyl (C=O) groups excluding carboxylic acids is 2. The van der Waals surface area contributed by atoms with Crippen molar-refractivity contribution in [3.05, 3.63) is 42.0 Å². The molecule has 1 amide bonds. The Labute approximate surface area is 148 Å². The van der Waals surface area contributed by atoms with E-state index in [4.69, 9.17) is 0 Å². The predicted molar refractivity (Wildman–Crippen MR) is 89.6 cm³/mol. The van der Waals surface area contributed by atoms with Crippen LogP contribution in [0.5, 0.6) is 0 Å². The maximum absolute atomic E-state index is 13.6. The highest BCUT2D eigenvalue weighted by molar-refractivity contribution is 6.05.